The van der Waals surface area contributed by atoms with E-state index in [1.165, 1.54) is 0 Å². The lowest BCUT2D eigenvalue weighted by atomic mass is 9.86. The second-order valence-electron chi connectivity index (χ2n) is 9.39. The summed E-state index contributed by atoms with van der Waals surface area (Å²) in [4.78, 5) is 33.2. The molecule has 0 unspecified atom stereocenters. The van der Waals surface area contributed by atoms with Crippen molar-refractivity contribution in [1.82, 2.24) is 14.5 Å². The minimum atomic E-state index is -1.85. The predicted molar refractivity (Wildman–Crippen MR) is 128 cm³/mol. The number of ether oxygens (including phenoxy) is 3. The molecule has 3 aliphatic rings. The number of pyridine rings is 2. The lowest BCUT2D eigenvalue weighted by molar-refractivity contribution is -0.172. The quantitative estimate of drug-likeness (QED) is 0.437. The fourth-order valence-electron chi connectivity index (χ4n) is 5.30. The van der Waals surface area contributed by atoms with Gasteiger partial charge in [0.15, 0.2) is 17.1 Å². The summed E-state index contributed by atoms with van der Waals surface area (Å²) in [7, 11) is 2.08. The number of cyclic esters (lactones) is 1. The van der Waals surface area contributed by atoms with Gasteiger partial charge < -0.3 is 28.8 Å². The first-order chi connectivity index (χ1) is 16.9. The Labute approximate surface area is 201 Å². The summed E-state index contributed by atoms with van der Waals surface area (Å²) >= 11 is 0. The number of hydrogen-bond acceptors (Lipinski definition) is 8. The van der Waals surface area contributed by atoms with Crippen molar-refractivity contribution in [1.29, 1.82) is 0 Å². The van der Waals surface area contributed by atoms with Gasteiger partial charge in [-0.05, 0) is 44.1 Å². The molecule has 0 amide bonds. The van der Waals surface area contributed by atoms with Crippen LogP contribution in [-0.2, 0) is 34.7 Å². The van der Waals surface area contributed by atoms with Crippen molar-refractivity contribution in [3.63, 3.8) is 0 Å². The Morgan fingerprint density at radius 1 is 1.11 bits per heavy atom. The van der Waals surface area contributed by atoms with Crippen molar-refractivity contribution in [2.75, 3.05) is 26.9 Å². The van der Waals surface area contributed by atoms with Crippen LogP contribution < -0.4 is 15.0 Å². The highest BCUT2D eigenvalue weighted by atomic mass is 16.7. The van der Waals surface area contributed by atoms with Crippen molar-refractivity contribution in [3.05, 3.63) is 50.8 Å². The van der Waals surface area contributed by atoms with Crippen molar-refractivity contribution in [2.24, 2.45) is 0 Å². The maximum atomic E-state index is 13.5. The minimum absolute atomic E-state index is 0.109. The third-order valence-corrected chi connectivity index (χ3v) is 7.58. The zero-order chi connectivity index (χ0) is 24.5. The molecule has 0 radical (unpaired) electrons. The zero-order valence-corrected chi connectivity index (χ0v) is 20.0. The second kappa shape index (κ2) is 7.79. The fraction of sp³-hybridized carbons (Fsp3) is 0.423. The second-order valence-corrected chi connectivity index (χ2v) is 9.39. The number of esters is 1. The first-order valence-electron chi connectivity index (χ1n) is 12.0. The largest absolute Gasteiger partial charge is 0.458 e. The molecule has 9 heteroatoms. The van der Waals surface area contributed by atoms with E-state index in [1.54, 1.807) is 17.6 Å². The van der Waals surface area contributed by atoms with Gasteiger partial charge in [0.25, 0.3) is 5.56 Å². The SMILES string of the molecule is CCN(C)CCc1c2c(nc3cc4c(cc13)OCO4)-c1cc3c(c(=O)n1C2)COC(=O)[C@]3(O)CC. The van der Waals surface area contributed by atoms with Crippen LogP contribution in [0.1, 0.15) is 42.5 Å². The Balaban J connectivity index is 1.60. The van der Waals surface area contributed by atoms with E-state index < -0.39 is 11.6 Å². The van der Waals surface area contributed by atoms with Crippen LogP contribution >= 0.6 is 0 Å². The molecule has 0 saturated heterocycles. The molecule has 5 heterocycles. The maximum Gasteiger partial charge on any atom is 0.343 e. The molecule has 1 aromatic carbocycles. The van der Waals surface area contributed by atoms with Crippen molar-refractivity contribution >= 4 is 16.9 Å². The van der Waals surface area contributed by atoms with Crippen molar-refractivity contribution in [2.45, 2.75) is 45.4 Å². The van der Waals surface area contributed by atoms with E-state index in [9.17, 15) is 14.7 Å². The summed E-state index contributed by atoms with van der Waals surface area (Å²) < 4.78 is 18.1. The molecule has 0 fully saturated rings. The maximum absolute atomic E-state index is 13.5. The molecule has 9 nitrogen and oxygen atoms in total. The number of benzene rings is 1. The van der Waals surface area contributed by atoms with Gasteiger partial charge in [-0.15, -0.1) is 0 Å². The Morgan fingerprint density at radius 2 is 1.89 bits per heavy atom. The molecule has 35 heavy (non-hydrogen) atoms. The summed E-state index contributed by atoms with van der Waals surface area (Å²) in [6, 6.07) is 5.61. The highest BCUT2D eigenvalue weighted by Gasteiger charge is 2.45. The molecule has 6 rings (SSSR count). The van der Waals surface area contributed by atoms with Crippen LogP contribution in [0.5, 0.6) is 11.5 Å². The molecule has 3 aromatic rings. The number of likely N-dealkylation sites (N-methyl/N-ethyl adjacent to an activating group) is 1. The lowest BCUT2D eigenvalue weighted by Crippen LogP contribution is -2.44. The lowest BCUT2D eigenvalue weighted by Gasteiger charge is -2.31. The van der Waals surface area contributed by atoms with Crippen LogP contribution in [0.3, 0.4) is 0 Å². The van der Waals surface area contributed by atoms with Crippen LogP contribution in [0.25, 0.3) is 22.3 Å². The van der Waals surface area contributed by atoms with E-state index >= 15 is 0 Å². The highest BCUT2D eigenvalue weighted by Crippen LogP contribution is 2.43. The predicted octanol–water partition coefficient (Wildman–Crippen LogP) is 2.30. The molecule has 0 aliphatic carbocycles. The topological polar surface area (TPSA) is 103 Å². The third-order valence-electron chi connectivity index (χ3n) is 7.58. The molecule has 0 bridgehead atoms. The summed E-state index contributed by atoms with van der Waals surface area (Å²) in [6.07, 6.45) is 0.881. The van der Waals surface area contributed by atoms with Gasteiger partial charge in [0.2, 0.25) is 6.79 Å². The van der Waals surface area contributed by atoms with Crippen LogP contribution in [0, 0.1) is 0 Å². The smallest absolute Gasteiger partial charge is 0.343 e. The number of aromatic nitrogens is 2. The molecule has 1 atom stereocenters. The molecule has 0 spiro atoms. The van der Waals surface area contributed by atoms with E-state index in [-0.39, 0.29) is 25.4 Å². The number of aliphatic hydroxyl groups is 1. The first kappa shape index (κ1) is 22.1. The van der Waals surface area contributed by atoms with Gasteiger partial charge in [0.05, 0.1) is 29.0 Å². The van der Waals surface area contributed by atoms with Crippen molar-refractivity contribution < 1.29 is 24.1 Å². The molecule has 1 N–H and O–H groups in total. The van der Waals surface area contributed by atoms with E-state index in [0.29, 0.717) is 40.6 Å². The molecule has 3 aliphatic heterocycles. The summed E-state index contributed by atoms with van der Waals surface area (Å²) in [6.45, 7) is 5.99. The van der Waals surface area contributed by atoms with Crippen molar-refractivity contribution in [3.8, 4) is 22.9 Å². The third kappa shape index (κ3) is 3.11. The number of carbonyl (C=O) groups excluding carboxylic acids is 1. The molecule has 182 valence electrons. The Morgan fingerprint density at radius 3 is 2.63 bits per heavy atom. The van der Waals surface area contributed by atoms with Gasteiger partial charge in [0, 0.05) is 29.1 Å². The first-order valence-corrected chi connectivity index (χ1v) is 12.0. The Hall–Kier alpha value is -3.43. The zero-order valence-electron chi connectivity index (χ0n) is 20.0. The van der Waals surface area contributed by atoms with Gasteiger partial charge in [-0.25, -0.2) is 9.78 Å². The number of rotatable bonds is 5. The average Bonchev–Trinajstić information content (AvgIpc) is 3.47. The summed E-state index contributed by atoms with van der Waals surface area (Å²) in [5.74, 6) is 0.610. The average molecular weight is 478 g/mol. The molecule has 2 aromatic heterocycles. The monoisotopic (exact) mass is 477 g/mol. The molecular formula is C26H27N3O6. The summed E-state index contributed by atoms with van der Waals surface area (Å²) in [5, 5.41) is 12.1. The van der Waals surface area contributed by atoms with Gasteiger partial charge in [-0.2, -0.15) is 0 Å². The molecular weight excluding hydrogens is 450 g/mol. The number of fused-ring (bicyclic) bond motifs is 6. The van der Waals surface area contributed by atoms with Gasteiger partial charge in [0.1, 0.15) is 6.61 Å². The minimum Gasteiger partial charge on any atom is -0.458 e. The van der Waals surface area contributed by atoms with E-state index in [2.05, 4.69) is 18.9 Å². The van der Waals surface area contributed by atoms with Crippen LogP contribution in [0.4, 0.5) is 0 Å². The Kier molecular flexibility index (Phi) is 4.91. The van der Waals surface area contributed by atoms with E-state index in [1.807, 2.05) is 12.1 Å². The summed E-state index contributed by atoms with van der Waals surface area (Å²) in [5.41, 5.74) is 2.69. The van der Waals surface area contributed by atoms with Gasteiger partial charge in [-0.3, -0.25) is 4.79 Å². The molecule has 0 saturated carbocycles. The number of nitrogens with zero attached hydrogens (tertiary/aromatic N) is 3. The van der Waals surface area contributed by atoms with E-state index in [0.717, 1.165) is 41.5 Å². The van der Waals surface area contributed by atoms with Gasteiger partial charge >= 0.3 is 5.97 Å². The number of hydrogen-bond donors (Lipinski definition) is 1. The standard InChI is InChI=1S/C26H27N3O6/c1-4-26(32)18-9-20-23-16(11-29(20)24(30)17(18)12-33-25(26)31)14(6-7-28(3)5-2)15-8-21-22(35-13-34-21)10-19(15)27-23/h8-10,32H,4-7,11-13H2,1-3H3/t26-/m0/s1. The Bertz CT molecular complexity index is 1460. The number of carbonyl (C=O) groups is 1. The highest BCUT2D eigenvalue weighted by molar-refractivity contribution is 5.91. The van der Waals surface area contributed by atoms with E-state index in [4.69, 9.17) is 19.2 Å². The fourth-order valence-corrected chi connectivity index (χ4v) is 5.30. The normalized spacial score (nSPS) is 19.6. The van der Waals surface area contributed by atoms with Crippen LogP contribution in [0.15, 0.2) is 23.0 Å². The van der Waals surface area contributed by atoms with Gasteiger partial charge in [-0.1, -0.05) is 13.8 Å². The van der Waals surface area contributed by atoms with Crippen LogP contribution in [-0.4, -0.2) is 52.5 Å². The van der Waals surface area contributed by atoms with Crippen LogP contribution in [0.2, 0.25) is 0 Å².